The highest BCUT2D eigenvalue weighted by Crippen LogP contribution is 2.41. The van der Waals surface area contributed by atoms with E-state index in [4.69, 9.17) is 21.5 Å². The maximum atomic E-state index is 9.40. The third kappa shape index (κ3) is 4.14. The van der Waals surface area contributed by atoms with E-state index in [2.05, 4.69) is 34.5 Å². The first kappa shape index (κ1) is 19.8. The van der Waals surface area contributed by atoms with Gasteiger partial charge in [-0.15, -0.1) is 0 Å². The van der Waals surface area contributed by atoms with Crippen molar-refractivity contribution in [3.63, 3.8) is 0 Å². The molecular weight excluding hydrogens is 368 g/mol. The van der Waals surface area contributed by atoms with Crippen molar-refractivity contribution in [2.24, 2.45) is 10.9 Å². The Morgan fingerprint density at radius 2 is 2.10 bits per heavy atom. The molecule has 0 amide bonds. The van der Waals surface area contributed by atoms with Crippen LogP contribution in [0.5, 0.6) is 5.75 Å². The number of pyridine rings is 1. The van der Waals surface area contributed by atoms with Crippen molar-refractivity contribution in [2.45, 2.75) is 26.3 Å². The van der Waals surface area contributed by atoms with Crippen molar-refractivity contribution in [2.75, 3.05) is 23.4 Å². The second-order valence-electron chi connectivity index (χ2n) is 7.01. The predicted molar refractivity (Wildman–Crippen MR) is 111 cm³/mol. The van der Waals surface area contributed by atoms with Gasteiger partial charge >= 0.3 is 0 Å². The quantitative estimate of drug-likeness (QED) is 0.447. The number of nitrogens with two attached hydrogens (primary N) is 2. The average Bonchev–Trinajstić information content (AvgIpc) is 2.68. The van der Waals surface area contributed by atoms with Gasteiger partial charge in [-0.25, -0.2) is 9.98 Å². The van der Waals surface area contributed by atoms with Crippen LogP contribution in [0.15, 0.2) is 29.3 Å². The molecule has 1 aliphatic rings. The van der Waals surface area contributed by atoms with E-state index in [-0.39, 0.29) is 23.0 Å². The number of nitrogens with zero attached hydrogens (tertiary/aromatic N) is 4. The van der Waals surface area contributed by atoms with E-state index in [9.17, 15) is 5.26 Å². The van der Waals surface area contributed by atoms with E-state index in [0.29, 0.717) is 29.7 Å². The van der Waals surface area contributed by atoms with Gasteiger partial charge < -0.3 is 21.5 Å². The molecule has 6 N–H and O–H groups in total. The summed E-state index contributed by atoms with van der Waals surface area (Å²) in [6.45, 7) is 4.88. The van der Waals surface area contributed by atoms with Crippen molar-refractivity contribution in [1.29, 1.82) is 10.5 Å². The molecule has 0 aliphatic carbocycles. The minimum atomic E-state index is -0.587. The lowest BCUT2D eigenvalue weighted by Crippen LogP contribution is -2.32. The van der Waals surface area contributed by atoms with E-state index in [1.165, 1.54) is 0 Å². The highest BCUT2D eigenvalue weighted by Gasteiger charge is 2.29. The number of guanidine groups is 1. The average molecular weight is 390 g/mol. The molecule has 1 aliphatic heterocycles. The number of aromatic nitrogens is 1. The third-order valence-corrected chi connectivity index (χ3v) is 4.50. The number of nitrogen functional groups attached to an aromatic ring is 2. The van der Waals surface area contributed by atoms with Gasteiger partial charge in [-0.2, -0.15) is 10.5 Å². The predicted octanol–water partition coefficient (Wildman–Crippen LogP) is 2.48. The lowest BCUT2D eigenvalue weighted by molar-refractivity contribution is 0.289. The second-order valence-corrected chi connectivity index (χ2v) is 7.01. The molecule has 1 aromatic heterocycles. The number of nitriles is 2. The molecule has 0 saturated carbocycles. The first-order valence-electron chi connectivity index (χ1n) is 9.16. The van der Waals surface area contributed by atoms with Crippen molar-refractivity contribution >= 4 is 23.3 Å². The Balaban J connectivity index is 2.05. The highest BCUT2D eigenvalue weighted by molar-refractivity contribution is 5.98. The number of ether oxygens (including phenoxy) is 1. The first-order valence-corrected chi connectivity index (χ1v) is 9.16. The van der Waals surface area contributed by atoms with Crippen LogP contribution in [0.1, 0.15) is 43.0 Å². The van der Waals surface area contributed by atoms with Crippen molar-refractivity contribution in [3.8, 4) is 18.0 Å². The minimum Gasteiger partial charge on any atom is -0.494 e. The molecule has 1 aromatic carbocycles. The van der Waals surface area contributed by atoms with E-state index in [1.54, 1.807) is 0 Å². The third-order valence-electron chi connectivity index (χ3n) is 4.50. The van der Waals surface area contributed by atoms with Crippen LogP contribution in [0.2, 0.25) is 0 Å². The fraction of sp³-hybridized carbons (Fsp3) is 0.300. The molecular formula is C20H22N8O. The fourth-order valence-electron chi connectivity index (χ4n) is 3.01. The Hall–Kier alpha value is -3.98. The zero-order chi connectivity index (χ0) is 21.0. The molecule has 2 heterocycles. The van der Waals surface area contributed by atoms with Gasteiger partial charge in [0.15, 0.2) is 6.19 Å². The topological polar surface area (TPSA) is 158 Å². The number of benzene rings is 1. The van der Waals surface area contributed by atoms with Gasteiger partial charge in [0.25, 0.3) is 0 Å². The summed E-state index contributed by atoms with van der Waals surface area (Å²) in [6.07, 6.45) is 2.77. The number of aliphatic imine (C=N–C) groups is 1. The van der Waals surface area contributed by atoms with Gasteiger partial charge in [-0.05, 0) is 30.0 Å². The van der Waals surface area contributed by atoms with Crippen molar-refractivity contribution < 1.29 is 4.74 Å². The SMILES string of the molecule is CC(C)CCOc1cccc(C2N=C(NC#N)Nc3nc(N)c(C#N)c(N)c32)c1. The van der Waals surface area contributed by atoms with Crippen LogP contribution in [0.25, 0.3) is 0 Å². The molecule has 0 saturated heterocycles. The van der Waals surface area contributed by atoms with E-state index in [1.807, 2.05) is 36.5 Å². The lowest BCUT2D eigenvalue weighted by Gasteiger charge is -2.26. The number of anilines is 3. The summed E-state index contributed by atoms with van der Waals surface area (Å²) in [5.41, 5.74) is 13.7. The molecule has 0 radical (unpaired) electrons. The molecule has 1 unspecified atom stereocenters. The molecule has 1 atom stereocenters. The standard InChI is InChI=1S/C20H22N8O/c1-11(2)6-7-29-13-5-3-4-12(8-13)17-15-16(23)14(9-21)18(24)27-19(15)28-20(26-17)25-10-22/h3-5,8,11,17H,6-7H2,1-2H3,(H6,23,24,25,26,27,28). The highest BCUT2D eigenvalue weighted by atomic mass is 16.5. The Kier molecular flexibility index (Phi) is 5.70. The molecule has 9 nitrogen and oxygen atoms in total. The normalized spacial score (nSPS) is 14.8. The van der Waals surface area contributed by atoms with Crippen molar-refractivity contribution in [1.82, 2.24) is 10.3 Å². The number of rotatable bonds is 5. The summed E-state index contributed by atoms with van der Waals surface area (Å²) in [7, 11) is 0. The Bertz CT molecular complexity index is 1030. The number of hydrogen-bond acceptors (Lipinski definition) is 9. The van der Waals surface area contributed by atoms with Gasteiger partial charge in [-0.1, -0.05) is 26.0 Å². The van der Waals surface area contributed by atoms with Crippen molar-refractivity contribution in [3.05, 3.63) is 41.0 Å². The summed E-state index contributed by atoms with van der Waals surface area (Å²) >= 11 is 0. The molecule has 0 bridgehead atoms. The van der Waals surface area contributed by atoms with Crippen LogP contribution in [0.3, 0.4) is 0 Å². The Morgan fingerprint density at radius 1 is 1.31 bits per heavy atom. The van der Waals surface area contributed by atoms with Crippen LogP contribution < -0.4 is 26.8 Å². The second kappa shape index (κ2) is 8.36. The smallest absolute Gasteiger partial charge is 0.211 e. The summed E-state index contributed by atoms with van der Waals surface area (Å²) in [5, 5.41) is 23.8. The maximum absolute atomic E-state index is 9.40. The molecule has 9 heteroatoms. The fourth-order valence-corrected chi connectivity index (χ4v) is 3.01. The molecule has 2 aromatic rings. The number of hydrogen-bond donors (Lipinski definition) is 4. The van der Waals surface area contributed by atoms with Crippen LogP contribution in [0, 0.1) is 28.7 Å². The summed E-state index contributed by atoms with van der Waals surface area (Å²) in [5.74, 6) is 1.82. The van der Waals surface area contributed by atoms with Crippen LogP contribution in [-0.2, 0) is 0 Å². The molecule has 0 spiro atoms. The van der Waals surface area contributed by atoms with Crippen LogP contribution in [-0.4, -0.2) is 17.6 Å². The number of fused-ring (bicyclic) bond motifs is 1. The van der Waals surface area contributed by atoms with E-state index >= 15 is 0 Å². The summed E-state index contributed by atoms with van der Waals surface area (Å²) in [4.78, 5) is 8.79. The number of nitrogens with one attached hydrogen (secondary N) is 2. The summed E-state index contributed by atoms with van der Waals surface area (Å²) in [6, 6.07) is 8.89. The van der Waals surface area contributed by atoms with Gasteiger partial charge in [0.1, 0.15) is 35.1 Å². The first-order chi connectivity index (χ1) is 13.9. The molecule has 0 fully saturated rings. The molecule has 148 valence electrons. The lowest BCUT2D eigenvalue weighted by atomic mass is 9.95. The maximum Gasteiger partial charge on any atom is 0.211 e. The monoisotopic (exact) mass is 390 g/mol. The van der Waals surface area contributed by atoms with Crippen LogP contribution >= 0.6 is 0 Å². The minimum absolute atomic E-state index is 0.0129. The largest absolute Gasteiger partial charge is 0.494 e. The van der Waals surface area contributed by atoms with Gasteiger partial charge in [0.05, 0.1) is 12.3 Å². The van der Waals surface area contributed by atoms with E-state index < -0.39 is 6.04 Å². The molecule has 29 heavy (non-hydrogen) atoms. The van der Waals surface area contributed by atoms with Gasteiger partial charge in [-0.3, -0.25) is 5.32 Å². The summed E-state index contributed by atoms with van der Waals surface area (Å²) < 4.78 is 5.85. The van der Waals surface area contributed by atoms with E-state index in [0.717, 1.165) is 12.0 Å². The van der Waals surface area contributed by atoms with Gasteiger partial charge in [0, 0.05) is 5.56 Å². The zero-order valence-electron chi connectivity index (χ0n) is 16.2. The Morgan fingerprint density at radius 3 is 2.79 bits per heavy atom. The molecule has 3 rings (SSSR count). The Labute approximate surface area is 169 Å². The zero-order valence-corrected chi connectivity index (χ0v) is 16.2. The van der Waals surface area contributed by atoms with Crippen LogP contribution in [0.4, 0.5) is 17.3 Å². The van der Waals surface area contributed by atoms with Gasteiger partial charge in [0.2, 0.25) is 5.96 Å².